The van der Waals surface area contributed by atoms with Crippen molar-refractivity contribution < 1.29 is 13.9 Å². The van der Waals surface area contributed by atoms with Crippen LogP contribution in [0.4, 0.5) is 9.52 Å². The number of carbonyl (C=O) groups excluding carboxylic acids is 1. The summed E-state index contributed by atoms with van der Waals surface area (Å²) in [5.41, 5.74) is 1.14. The Bertz CT molecular complexity index is 1500. The summed E-state index contributed by atoms with van der Waals surface area (Å²) in [6, 6.07) is 9.59. The van der Waals surface area contributed by atoms with Gasteiger partial charge in [0.15, 0.2) is 16.7 Å². The fourth-order valence-corrected chi connectivity index (χ4v) is 4.38. The molecule has 1 unspecified atom stereocenters. The molecule has 1 N–H and O–H groups in total. The monoisotopic (exact) mass is 468 g/mol. The van der Waals surface area contributed by atoms with E-state index in [2.05, 4.69) is 10.3 Å². The highest BCUT2D eigenvalue weighted by molar-refractivity contribution is 7.14. The average molecular weight is 469 g/mol. The van der Waals surface area contributed by atoms with Crippen molar-refractivity contribution in [1.29, 1.82) is 0 Å². The van der Waals surface area contributed by atoms with Crippen molar-refractivity contribution in [3.8, 4) is 17.0 Å². The van der Waals surface area contributed by atoms with Crippen LogP contribution < -0.4 is 21.3 Å². The molecule has 2 aromatic carbocycles. The van der Waals surface area contributed by atoms with Crippen LogP contribution in [0.15, 0.2) is 51.4 Å². The lowest BCUT2D eigenvalue weighted by molar-refractivity contribution is -0.117. The van der Waals surface area contributed by atoms with Gasteiger partial charge >= 0.3 is 5.69 Å². The van der Waals surface area contributed by atoms with Gasteiger partial charge in [-0.05, 0) is 36.8 Å². The number of nitrogens with one attached hydrogen (secondary N) is 1. The number of hydrogen-bond donors (Lipinski definition) is 1. The normalized spacial score (nSPS) is 12.0. The number of amides is 1. The number of thiazole rings is 1. The number of rotatable bonds is 5. The zero-order valence-corrected chi connectivity index (χ0v) is 19.2. The summed E-state index contributed by atoms with van der Waals surface area (Å²) in [6.07, 6.45) is 0. The summed E-state index contributed by atoms with van der Waals surface area (Å²) in [7, 11) is 4.38. The van der Waals surface area contributed by atoms with E-state index in [-0.39, 0.29) is 11.7 Å². The lowest BCUT2D eigenvalue weighted by Gasteiger charge is -2.15. The van der Waals surface area contributed by atoms with Crippen LogP contribution in [0.3, 0.4) is 0 Å². The van der Waals surface area contributed by atoms with Gasteiger partial charge in [-0.25, -0.2) is 14.2 Å². The molecule has 1 atom stereocenters. The Labute approximate surface area is 191 Å². The molecule has 170 valence electrons. The summed E-state index contributed by atoms with van der Waals surface area (Å²) in [4.78, 5) is 42.4. The van der Waals surface area contributed by atoms with Crippen LogP contribution >= 0.6 is 11.3 Å². The minimum absolute atomic E-state index is 0.134. The number of hydrogen-bond acceptors (Lipinski definition) is 6. The fraction of sp³-hybridized carbons (Fsp3) is 0.217. The van der Waals surface area contributed by atoms with Gasteiger partial charge in [0.25, 0.3) is 5.56 Å². The standard InChI is InChI=1S/C23H21FN4O4S/c1-12(14-6-5-7-17-19(14)21(30)28(3)23(31)27(17)2)20(29)26-22-25-16(11-33-22)13-8-9-18(32-4)15(24)10-13/h5-12H,1-4H3,(H,25,26,29). The van der Waals surface area contributed by atoms with E-state index in [0.717, 1.165) is 4.57 Å². The van der Waals surface area contributed by atoms with Crippen molar-refractivity contribution in [1.82, 2.24) is 14.1 Å². The third kappa shape index (κ3) is 3.93. The summed E-state index contributed by atoms with van der Waals surface area (Å²) in [5, 5.41) is 5.14. The maximum atomic E-state index is 14.0. The van der Waals surface area contributed by atoms with E-state index in [4.69, 9.17) is 4.74 Å². The highest BCUT2D eigenvalue weighted by Gasteiger charge is 2.22. The maximum Gasteiger partial charge on any atom is 0.330 e. The molecule has 0 spiro atoms. The van der Waals surface area contributed by atoms with Gasteiger partial charge in [0.1, 0.15) is 0 Å². The Hall–Kier alpha value is -3.79. The topological polar surface area (TPSA) is 95.2 Å². The van der Waals surface area contributed by atoms with Gasteiger partial charge < -0.3 is 10.1 Å². The molecule has 0 fully saturated rings. The second kappa shape index (κ2) is 8.62. The molecule has 4 rings (SSSR count). The van der Waals surface area contributed by atoms with Crippen LogP contribution in [0.1, 0.15) is 18.4 Å². The third-order valence-electron chi connectivity index (χ3n) is 5.57. The number of halogens is 1. The number of fused-ring (bicyclic) bond motifs is 1. The first kappa shape index (κ1) is 22.4. The smallest absolute Gasteiger partial charge is 0.330 e. The number of methoxy groups -OCH3 is 1. The first-order valence-corrected chi connectivity index (χ1v) is 10.9. The number of carbonyl (C=O) groups is 1. The average Bonchev–Trinajstić information content (AvgIpc) is 3.28. The predicted molar refractivity (Wildman–Crippen MR) is 126 cm³/mol. The molecule has 2 aromatic heterocycles. The zero-order valence-electron chi connectivity index (χ0n) is 18.4. The summed E-state index contributed by atoms with van der Waals surface area (Å²) < 4.78 is 21.4. The van der Waals surface area contributed by atoms with Gasteiger partial charge in [-0.3, -0.25) is 18.7 Å². The number of anilines is 1. The summed E-state index contributed by atoms with van der Waals surface area (Å²) >= 11 is 1.21. The van der Waals surface area contributed by atoms with Gasteiger partial charge in [0, 0.05) is 25.0 Å². The highest BCUT2D eigenvalue weighted by Crippen LogP contribution is 2.29. The van der Waals surface area contributed by atoms with E-state index in [9.17, 15) is 18.8 Å². The SMILES string of the molecule is COc1ccc(-c2csc(NC(=O)C(C)c3cccc4c3c(=O)n(C)c(=O)n4C)n2)cc1F. The molecule has 0 saturated heterocycles. The Balaban J connectivity index is 1.63. The van der Waals surface area contributed by atoms with Gasteiger partial charge in [-0.2, -0.15) is 0 Å². The van der Waals surface area contributed by atoms with Crippen molar-refractivity contribution in [3.63, 3.8) is 0 Å². The van der Waals surface area contributed by atoms with Crippen LogP contribution in [0.25, 0.3) is 22.2 Å². The molecule has 0 bridgehead atoms. The second-order valence-corrected chi connectivity index (χ2v) is 8.40. The summed E-state index contributed by atoms with van der Waals surface area (Å²) in [5.74, 6) is -1.42. The van der Waals surface area contributed by atoms with Crippen LogP contribution in [-0.2, 0) is 18.9 Å². The minimum Gasteiger partial charge on any atom is -0.494 e. The van der Waals surface area contributed by atoms with Gasteiger partial charge in [-0.1, -0.05) is 12.1 Å². The molecule has 0 aliphatic heterocycles. The predicted octanol–water partition coefficient (Wildman–Crippen LogP) is 3.25. The molecule has 0 saturated carbocycles. The van der Waals surface area contributed by atoms with Crippen LogP contribution in [0.5, 0.6) is 5.75 Å². The second-order valence-electron chi connectivity index (χ2n) is 7.55. The van der Waals surface area contributed by atoms with E-state index < -0.39 is 23.0 Å². The number of aromatic nitrogens is 3. The van der Waals surface area contributed by atoms with E-state index in [1.807, 2.05) is 0 Å². The molecule has 1 amide bonds. The van der Waals surface area contributed by atoms with Gasteiger partial charge in [0.05, 0.1) is 29.6 Å². The molecule has 0 aliphatic rings. The highest BCUT2D eigenvalue weighted by atomic mass is 32.1. The molecule has 33 heavy (non-hydrogen) atoms. The maximum absolute atomic E-state index is 14.0. The Kier molecular flexibility index (Phi) is 5.86. The number of ether oxygens (including phenoxy) is 1. The molecule has 0 radical (unpaired) electrons. The van der Waals surface area contributed by atoms with E-state index in [1.165, 1.54) is 42.2 Å². The van der Waals surface area contributed by atoms with Crippen molar-refractivity contribution in [2.24, 2.45) is 14.1 Å². The minimum atomic E-state index is -0.690. The van der Waals surface area contributed by atoms with Crippen LogP contribution in [-0.4, -0.2) is 27.1 Å². The van der Waals surface area contributed by atoms with E-state index in [1.54, 1.807) is 43.6 Å². The Morgan fingerprint density at radius 2 is 1.94 bits per heavy atom. The fourth-order valence-electron chi connectivity index (χ4n) is 3.66. The first-order valence-electron chi connectivity index (χ1n) is 10.0. The van der Waals surface area contributed by atoms with E-state index in [0.29, 0.717) is 32.9 Å². The molecule has 10 heteroatoms. The third-order valence-corrected chi connectivity index (χ3v) is 6.33. The molecule has 0 aliphatic carbocycles. The number of benzene rings is 2. The molecular formula is C23H21FN4O4S. The summed E-state index contributed by atoms with van der Waals surface area (Å²) in [6.45, 7) is 1.68. The largest absolute Gasteiger partial charge is 0.494 e. The Morgan fingerprint density at radius 1 is 1.18 bits per heavy atom. The molecule has 4 aromatic rings. The van der Waals surface area contributed by atoms with Gasteiger partial charge in [-0.15, -0.1) is 11.3 Å². The molecule has 2 heterocycles. The quantitative estimate of drug-likeness (QED) is 0.485. The zero-order chi connectivity index (χ0) is 23.9. The van der Waals surface area contributed by atoms with Crippen molar-refractivity contribution in [2.45, 2.75) is 12.8 Å². The first-order chi connectivity index (χ1) is 15.7. The molecule has 8 nitrogen and oxygen atoms in total. The molecular weight excluding hydrogens is 447 g/mol. The number of nitrogens with zero attached hydrogens (tertiary/aromatic N) is 3. The Morgan fingerprint density at radius 3 is 2.64 bits per heavy atom. The van der Waals surface area contributed by atoms with Crippen LogP contribution in [0, 0.1) is 5.82 Å². The van der Waals surface area contributed by atoms with E-state index >= 15 is 0 Å². The van der Waals surface area contributed by atoms with Crippen molar-refractivity contribution >= 4 is 33.3 Å². The number of aryl methyl sites for hydroxylation is 1. The van der Waals surface area contributed by atoms with Gasteiger partial charge in [0.2, 0.25) is 5.91 Å². The van der Waals surface area contributed by atoms with Crippen molar-refractivity contribution in [2.75, 3.05) is 12.4 Å². The van der Waals surface area contributed by atoms with Crippen molar-refractivity contribution in [3.05, 3.63) is 74.0 Å². The van der Waals surface area contributed by atoms with Crippen LogP contribution in [0.2, 0.25) is 0 Å². The lowest BCUT2D eigenvalue weighted by Crippen LogP contribution is -2.37. The lowest BCUT2D eigenvalue weighted by atomic mass is 9.96.